The summed E-state index contributed by atoms with van der Waals surface area (Å²) in [5.41, 5.74) is -0.199. The van der Waals surface area contributed by atoms with Crippen LogP contribution in [-0.2, 0) is 18.7 Å². The van der Waals surface area contributed by atoms with Crippen molar-refractivity contribution in [1.29, 1.82) is 0 Å². The van der Waals surface area contributed by atoms with Crippen LogP contribution >= 0.6 is 8.69 Å². The first-order valence-corrected chi connectivity index (χ1v) is 9.62. The summed E-state index contributed by atoms with van der Waals surface area (Å²) in [6.45, 7) is 1.77. The molecule has 2 amide bonds. The van der Waals surface area contributed by atoms with Gasteiger partial charge in [0.25, 0.3) is 11.8 Å². The number of carbonyl (C=O) groups excluding carboxylic acids is 2. The molecular weight excluding hydrogens is 363 g/mol. The first-order chi connectivity index (χ1) is 13.2. The van der Waals surface area contributed by atoms with E-state index in [4.69, 9.17) is 4.52 Å². The highest BCUT2D eigenvalue weighted by Crippen LogP contribution is 2.42. The van der Waals surface area contributed by atoms with E-state index in [-0.39, 0.29) is 18.4 Å². The van der Waals surface area contributed by atoms with E-state index >= 15 is 0 Å². The summed E-state index contributed by atoms with van der Waals surface area (Å²) in [7, 11) is -0.549. The minimum atomic E-state index is -1.39. The Bertz CT molecular complexity index is 756. The predicted octanol–water partition coefficient (Wildman–Crippen LogP) is 4.38. The molecule has 1 fully saturated rings. The standard InChI is InChI=1S/C20H21N2O4P/c1-2-3-14-20(15-26-27-25)18(23)21(16-10-6-4-7-11-16)22(19(20)24)17-12-8-5-9-13-17/h4-13H,2-3,14-15H2,1H3. The molecule has 0 radical (unpaired) electrons. The lowest BCUT2D eigenvalue weighted by Gasteiger charge is -2.27. The Morgan fingerprint density at radius 1 is 0.889 bits per heavy atom. The summed E-state index contributed by atoms with van der Waals surface area (Å²) in [6.07, 6.45) is 1.85. The summed E-state index contributed by atoms with van der Waals surface area (Å²) in [5, 5.41) is 2.80. The highest BCUT2D eigenvalue weighted by molar-refractivity contribution is 7.17. The van der Waals surface area contributed by atoms with E-state index in [0.717, 1.165) is 6.42 Å². The Hall–Kier alpha value is -2.56. The van der Waals surface area contributed by atoms with Gasteiger partial charge in [-0.2, -0.15) is 0 Å². The number of unbranched alkanes of at least 4 members (excludes halogenated alkanes) is 1. The lowest BCUT2D eigenvalue weighted by molar-refractivity contribution is -0.137. The van der Waals surface area contributed by atoms with Crippen molar-refractivity contribution in [3.8, 4) is 0 Å². The number of rotatable bonds is 8. The molecule has 2 aromatic rings. The average Bonchev–Trinajstić information content (AvgIpc) is 2.93. The van der Waals surface area contributed by atoms with Crippen molar-refractivity contribution in [2.45, 2.75) is 26.2 Å². The van der Waals surface area contributed by atoms with Gasteiger partial charge in [-0.05, 0) is 30.7 Å². The second-order valence-electron chi connectivity index (χ2n) is 6.44. The smallest absolute Gasteiger partial charge is 0.293 e. The SMILES string of the molecule is CCCCC1(COP=O)C(=O)N(c2ccccc2)N(c2ccccc2)C1=O. The molecule has 1 saturated heterocycles. The van der Waals surface area contributed by atoms with Gasteiger partial charge in [0.2, 0.25) is 0 Å². The molecule has 0 spiro atoms. The zero-order chi connectivity index (χ0) is 19.3. The zero-order valence-electron chi connectivity index (χ0n) is 15.1. The van der Waals surface area contributed by atoms with Crippen molar-refractivity contribution >= 4 is 31.9 Å². The van der Waals surface area contributed by atoms with Gasteiger partial charge in [-0.25, -0.2) is 14.6 Å². The van der Waals surface area contributed by atoms with Crippen molar-refractivity contribution in [3.63, 3.8) is 0 Å². The Morgan fingerprint density at radius 3 is 1.78 bits per heavy atom. The number of benzene rings is 2. The first kappa shape index (κ1) is 19.2. The van der Waals surface area contributed by atoms with Crippen LogP contribution < -0.4 is 10.0 Å². The molecule has 7 heteroatoms. The second-order valence-corrected chi connectivity index (χ2v) is 6.85. The maximum atomic E-state index is 13.5. The van der Waals surface area contributed by atoms with Crippen molar-refractivity contribution in [2.75, 3.05) is 16.6 Å². The van der Waals surface area contributed by atoms with E-state index in [1.807, 2.05) is 43.3 Å². The molecule has 0 atom stereocenters. The molecule has 6 nitrogen and oxygen atoms in total. The molecule has 3 rings (SSSR count). The van der Waals surface area contributed by atoms with E-state index in [2.05, 4.69) is 0 Å². The number of anilines is 2. The third-order valence-electron chi connectivity index (χ3n) is 4.73. The summed E-state index contributed by atoms with van der Waals surface area (Å²) in [5.74, 6) is -0.723. The van der Waals surface area contributed by atoms with Crippen molar-refractivity contribution in [1.82, 2.24) is 0 Å². The fraction of sp³-hybridized carbons (Fsp3) is 0.300. The van der Waals surface area contributed by atoms with Gasteiger partial charge in [-0.15, -0.1) is 0 Å². The summed E-state index contributed by atoms with van der Waals surface area (Å²) in [6, 6.07) is 18.1. The predicted molar refractivity (Wildman–Crippen MR) is 103 cm³/mol. The van der Waals surface area contributed by atoms with Crippen LogP contribution in [0.5, 0.6) is 0 Å². The molecule has 1 aliphatic heterocycles. The van der Waals surface area contributed by atoms with Gasteiger partial charge >= 0.3 is 8.69 Å². The molecule has 0 saturated carbocycles. The third kappa shape index (κ3) is 3.51. The number of nitrogens with zero attached hydrogens (tertiary/aromatic N) is 2. The summed E-state index contributed by atoms with van der Waals surface area (Å²) < 4.78 is 16.0. The van der Waals surface area contributed by atoms with Gasteiger partial charge in [0, 0.05) is 0 Å². The quantitative estimate of drug-likeness (QED) is 0.500. The van der Waals surface area contributed by atoms with Crippen LogP contribution in [-0.4, -0.2) is 18.4 Å². The van der Waals surface area contributed by atoms with Crippen LogP contribution in [0.15, 0.2) is 60.7 Å². The zero-order valence-corrected chi connectivity index (χ0v) is 16.0. The Morgan fingerprint density at radius 2 is 1.37 bits per heavy atom. The number of para-hydroxylation sites is 2. The molecular formula is C20H21N2O4P. The summed E-state index contributed by atoms with van der Waals surface area (Å²) >= 11 is 0. The van der Waals surface area contributed by atoms with Crippen LogP contribution in [0.4, 0.5) is 11.4 Å². The third-order valence-corrected chi connectivity index (χ3v) is 4.96. The topological polar surface area (TPSA) is 66.9 Å². The first-order valence-electron chi connectivity index (χ1n) is 8.89. The normalized spacial score (nSPS) is 16.3. The van der Waals surface area contributed by atoms with Crippen LogP contribution in [0.2, 0.25) is 0 Å². The molecule has 27 heavy (non-hydrogen) atoms. The molecule has 0 bridgehead atoms. The Kier molecular flexibility index (Phi) is 5.99. The molecule has 0 aromatic heterocycles. The van der Waals surface area contributed by atoms with Gasteiger partial charge < -0.3 is 0 Å². The number of amides is 2. The highest BCUT2D eigenvalue weighted by Gasteiger charge is 2.59. The van der Waals surface area contributed by atoms with Gasteiger partial charge in [0.1, 0.15) is 0 Å². The minimum absolute atomic E-state index is 0.220. The molecule has 0 N–H and O–H groups in total. The highest BCUT2D eigenvalue weighted by atomic mass is 31.1. The molecule has 0 unspecified atom stereocenters. The van der Waals surface area contributed by atoms with E-state index in [1.54, 1.807) is 24.3 Å². The van der Waals surface area contributed by atoms with E-state index in [1.165, 1.54) is 10.0 Å². The van der Waals surface area contributed by atoms with Crippen LogP contribution in [0.3, 0.4) is 0 Å². The van der Waals surface area contributed by atoms with Crippen molar-refractivity contribution in [2.24, 2.45) is 5.41 Å². The second kappa shape index (κ2) is 8.42. The van der Waals surface area contributed by atoms with Gasteiger partial charge in [-0.3, -0.25) is 14.1 Å². The number of hydrazine groups is 1. The molecule has 2 aromatic carbocycles. The monoisotopic (exact) mass is 384 g/mol. The molecule has 0 aliphatic carbocycles. The fourth-order valence-electron chi connectivity index (χ4n) is 3.31. The lowest BCUT2D eigenvalue weighted by Crippen LogP contribution is -2.41. The number of hydrogen-bond acceptors (Lipinski definition) is 4. The summed E-state index contributed by atoms with van der Waals surface area (Å²) in [4.78, 5) is 27.0. The maximum Gasteiger partial charge on any atom is 0.327 e. The average molecular weight is 384 g/mol. The molecule has 140 valence electrons. The van der Waals surface area contributed by atoms with Crippen LogP contribution in [0.25, 0.3) is 0 Å². The maximum absolute atomic E-state index is 13.5. The molecule has 1 aliphatic rings. The number of hydrogen-bond donors (Lipinski definition) is 0. The lowest BCUT2D eigenvalue weighted by atomic mass is 9.82. The van der Waals surface area contributed by atoms with Gasteiger partial charge in [-0.1, -0.05) is 56.2 Å². The Balaban J connectivity index is 2.13. The van der Waals surface area contributed by atoms with Crippen LogP contribution in [0.1, 0.15) is 26.2 Å². The van der Waals surface area contributed by atoms with Gasteiger partial charge in [0.15, 0.2) is 5.41 Å². The van der Waals surface area contributed by atoms with Crippen molar-refractivity contribution < 1.29 is 18.7 Å². The molecule has 1 heterocycles. The largest absolute Gasteiger partial charge is 0.327 e. The van der Waals surface area contributed by atoms with Gasteiger partial charge in [0.05, 0.1) is 18.0 Å². The Labute approximate surface area is 160 Å². The minimum Gasteiger partial charge on any atom is -0.293 e. The van der Waals surface area contributed by atoms with Crippen molar-refractivity contribution in [3.05, 3.63) is 60.7 Å². The van der Waals surface area contributed by atoms with E-state index < -0.39 is 14.1 Å². The number of carbonyl (C=O) groups is 2. The fourth-order valence-corrected chi connectivity index (χ4v) is 3.58. The van der Waals surface area contributed by atoms with E-state index in [9.17, 15) is 14.2 Å². The van der Waals surface area contributed by atoms with E-state index in [0.29, 0.717) is 24.2 Å². The van der Waals surface area contributed by atoms with Crippen LogP contribution in [0, 0.1) is 5.41 Å².